The molecule has 8 heteroatoms. The molecule has 0 atom stereocenters. The van der Waals surface area contributed by atoms with E-state index in [4.69, 9.17) is 30.5 Å². The minimum absolute atomic E-state index is 0.165. The van der Waals surface area contributed by atoms with Crippen molar-refractivity contribution in [2.45, 2.75) is 13.5 Å². The molecule has 28 heavy (non-hydrogen) atoms. The van der Waals surface area contributed by atoms with Gasteiger partial charge in [0.2, 0.25) is 12.7 Å². The summed E-state index contributed by atoms with van der Waals surface area (Å²) in [5.41, 5.74) is 1.54. The minimum atomic E-state index is -0.165. The summed E-state index contributed by atoms with van der Waals surface area (Å²) in [5.74, 6) is 2.27. The molecule has 150 valence electrons. The summed E-state index contributed by atoms with van der Waals surface area (Å²) < 4.78 is 21.2. The molecular formula is C20H23ClN2O5. The van der Waals surface area contributed by atoms with Crippen molar-refractivity contribution in [3.63, 3.8) is 0 Å². The number of methoxy groups -OCH3 is 2. The molecule has 0 saturated carbocycles. The molecule has 1 aliphatic rings. The molecule has 2 aromatic carbocycles. The quantitative estimate of drug-likeness (QED) is 0.723. The Hall–Kier alpha value is -2.64. The average Bonchev–Trinajstić information content (AvgIpc) is 3.15. The van der Waals surface area contributed by atoms with Crippen molar-refractivity contribution in [1.82, 2.24) is 4.90 Å². The number of hydrogen-bond acceptors (Lipinski definition) is 6. The third-order valence-corrected chi connectivity index (χ3v) is 4.70. The number of benzene rings is 2. The molecule has 0 radical (unpaired) electrons. The van der Waals surface area contributed by atoms with Gasteiger partial charge in [-0.25, -0.2) is 0 Å². The first-order valence-electron chi connectivity index (χ1n) is 8.86. The fourth-order valence-electron chi connectivity index (χ4n) is 2.93. The Morgan fingerprint density at radius 1 is 1.14 bits per heavy atom. The summed E-state index contributed by atoms with van der Waals surface area (Å²) in [6, 6.07) is 9.05. The van der Waals surface area contributed by atoms with Crippen LogP contribution in [0.2, 0.25) is 5.02 Å². The maximum Gasteiger partial charge on any atom is 0.238 e. The number of ether oxygens (including phenoxy) is 4. The molecule has 1 amide bonds. The van der Waals surface area contributed by atoms with Gasteiger partial charge in [-0.15, -0.1) is 0 Å². The Kier molecular flexibility index (Phi) is 6.49. The average molecular weight is 407 g/mol. The SMILES string of the molecule is CCN(CC(=O)Nc1cc(Cl)c(OC)cc1OC)Cc1ccc2c(c1)OCO2. The highest BCUT2D eigenvalue weighted by Gasteiger charge is 2.17. The Morgan fingerprint density at radius 3 is 2.61 bits per heavy atom. The fraction of sp³-hybridized carbons (Fsp3) is 0.350. The Bertz CT molecular complexity index is 859. The zero-order valence-electron chi connectivity index (χ0n) is 16.1. The van der Waals surface area contributed by atoms with Crippen LogP contribution < -0.4 is 24.3 Å². The molecule has 1 aliphatic heterocycles. The number of rotatable bonds is 8. The Balaban J connectivity index is 1.65. The summed E-state index contributed by atoms with van der Waals surface area (Å²) in [4.78, 5) is 14.6. The summed E-state index contributed by atoms with van der Waals surface area (Å²) in [7, 11) is 3.05. The standard InChI is InChI=1S/C20H23ClN2O5/c1-4-23(10-13-5-6-16-19(7-13)28-12-27-16)11-20(24)22-15-8-14(21)17(25-2)9-18(15)26-3/h5-9H,4,10-12H2,1-3H3,(H,22,24). The largest absolute Gasteiger partial charge is 0.495 e. The van der Waals surface area contributed by atoms with Crippen LogP contribution in [0.25, 0.3) is 0 Å². The van der Waals surface area contributed by atoms with E-state index in [9.17, 15) is 4.79 Å². The van der Waals surface area contributed by atoms with Crippen LogP contribution >= 0.6 is 11.6 Å². The van der Waals surface area contributed by atoms with Gasteiger partial charge in [0, 0.05) is 12.6 Å². The van der Waals surface area contributed by atoms with Crippen LogP contribution in [0, 0.1) is 0 Å². The smallest absolute Gasteiger partial charge is 0.238 e. The third kappa shape index (κ3) is 4.61. The van der Waals surface area contributed by atoms with E-state index in [0.29, 0.717) is 35.3 Å². The van der Waals surface area contributed by atoms with E-state index in [1.165, 1.54) is 14.2 Å². The van der Waals surface area contributed by atoms with Gasteiger partial charge in [-0.1, -0.05) is 24.6 Å². The first-order chi connectivity index (χ1) is 13.5. The number of hydrogen-bond donors (Lipinski definition) is 1. The van der Waals surface area contributed by atoms with Crippen LogP contribution in [0.1, 0.15) is 12.5 Å². The van der Waals surface area contributed by atoms with Crippen molar-refractivity contribution >= 4 is 23.2 Å². The van der Waals surface area contributed by atoms with E-state index >= 15 is 0 Å². The molecule has 1 N–H and O–H groups in total. The number of fused-ring (bicyclic) bond motifs is 1. The van der Waals surface area contributed by atoms with Gasteiger partial charge in [0.25, 0.3) is 0 Å². The van der Waals surface area contributed by atoms with Gasteiger partial charge in [0.1, 0.15) is 11.5 Å². The summed E-state index contributed by atoms with van der Waals surface area (Å²) in [5, 5.41) is 3.25. The van der Waals surface area contributed by atoms with E-state index in [1.54, 1.807) is 12.1 Å². The second kappa shape index (κ2) is 9.03. The summed E-state index contributed by atoms with van der Waals surface area (Å²) in [6.45, 7) is 3.79. The molecule has 0 unspecified atom stereocenters. The van der Waals surface area contributed by atoms with E-state index in [-0.39, 0.29) is 19.2 Å². The number of carbonyl (C=O) groups is 1. The highest BCUT2D eigenvalue weighted by atomic mass is 35.5. The van der Waals surface area contributed by atoms with Crippen LogP contribution in [-0.2, 0) is 11.3 Å². The van der Waals surface area contributed by atoms with Crippen molar-refractivity contribution in [2.24, 2.45) is 0 Å². The van der Waals surface area contributed by atoms with Gasteiger partial charge in [-0.3, -0.25) is 9.69 Å². The second-order valence-corrected chi connectivity index (χ2v) is 6.63. The number of amides is 1. The van der Waals surface area contributed by atoms with E-state index < -0.39 is 0 Å². The molecule has 0 saturated heterocycles. The van der Waals surface area contributed by atoms with Gasteiger partial charge in [-0.2, -0.15) is 0 Å². The number of nitrogens with zero attached hydrogens (tertiary/aromatic N) is 1. The van der Waals surface area contributed by atoms with Crippen LogP contribution in [0.4, 0.5) is 5.69 Å². The zero-order valence-corrected chi connectivity index (χ0v) is 16.8. The molecule has 0 bridgehead atoms. The lowest BCUT2D eigenvalue weighted by Gasteiger charge is -2.21. The highest BCUT2D eigenvalue weighted by molar-refractivity contribution is 6.32. The lowest BCUT2D eigenvalue weighted by atomic mass is 10.2. The third-order valence-electron chi connectivity index (χ3n) is 4.41. The van der Waals surface area contributed by atoms with Gasteiger partial charge in [0.05, 0.1) is 31.5 Å². The number of anilines is 1. The predicted octanol–water partition coefficient (Wildman–Crippen LogP) is 3.55. The second-order valence-electron chi connectivity index (χ2n) is 6.23. The van der Waals surface area contributed by atoms with Crippen molar-refractivity contribution in [3.05, 3.63) is 40.9 Å². The first kappa shape index (κ1) is 20.1. The first-order valence-corrected chi connectivity index (χ1v) is 9.24. The molecule has 0 spiro atoms. The molecule has 0 fully saturated rings. The number of halogens is 1. The molecule has 3 rings (SSSR count). The highest BCUT2D eigenvalue weighted by Crippen LogP contribution is 2.36. The van der Waals surface area contributed by atoms with Crippen molar-refractivity contribution < 1.29 is 23.7 Å². The maximum absolute atomic E-state index is 12.6. The monoisotopic (exact) mass is 406 g/mol. The minimum Gasteiger partial charge on any atom is -0.495 e. The lowest BCUT2D eigenvalue weighted by Crippen LogP contribution is -2.32. The van der Waals surface area contributed by atoms with Crippen LogP contribution in [0.15, 0.2) is 30.3 Å². The number of nitrogens with one attached hydrogen (secondary N) is 1. The van der Waals surface area contributed by atoms with E-state index in [2.05, 4.69) is 5.32 Å². The zero-order chi connectivity index (χ0) is 20.1. The summed E-state index contributed by atoms with van der Waals surface area (Å²) >= 11 is 6.16. The molecule has 1 heterocycles. The van der Waals surface area contributed by atoms with Gasteiger partial charge >= 0.3 is 0 Å². The molecule has 0 aliphatic carbocycles. The van der Waals surface area contributed by atoms with Gasteiger partial charge in [-0.05, 0) is 30.3 Å². The molecule has 7 nitrogen and oxygen atoms in total. The van der Waals surface area contributed by atoms with Gasteiger partial charge in [0.15, 0.2) is 11.5 Å². The summed E-state index contributed by atoms with van der Waals surface area (Å²) in [6.07, 6.45) is 0. The number of carbonyl (C=O) groups excluding carboxylic acids is 1. The predicted molar refractivity (Wildman–Crippen MR) is 107 cm³/mol. The van der Waals surface area contributed by atoms with E-state index in [1.807, 2.05) is 30.0 Å². The lowest BCUT2D eigenvalue weighted by molar-refractivity contribution is -0.117. The van der Waals surface area contributed by atoms with Crippen molar-refractivity contribution in [3.8, 4) is 23.0 Å². The number of likely N-dealkylation sites (N-methyl/N-ethyl adjacent to an activating group) is 1. The van der Waals surface area contributed by atoms with Crippen molar-refractivity contribution in [1.29, 1.82) is 0 Å². The Morgan fingerprint density at radius 2 is 1.89 bits per heavy atom. The van der Waals surface area contributed by atoms with Crippen LogP contribution in [-0.4, -0.2) is 44.9 Å². The maximum atomic E-state index is 12.6. The molecule has 2 aromatic rings. The van der Waals surface area contributed by atoms with E-state index in [0.717, 1.165) is 17.1 Å². The van der Waals surface area contributed by atoms with Crippen LogP contribution in [0.3, 0.4) is 0 Å². The van der Waals surface area contributed by atoms with Gasteiger partial charge < -0.3 is 24.3 Å². The normalized spacial score (nSPS) is 12.2. The van der Waals surface area contributed by atoms with Crippen LogP contribution in [0.5, 0.6) is 23.0 Å². The fourth-order valence-corrected chi connectivity index (χ4v) is 3.17. The Labute approximate surface area is 169 Å². The molecular weight excluding hydrogens is 384 g/mol. The molecule has 0 aromatic heterocycles. The van der Waals surface area contributed by atoms with Crippen molar-refractivity contribution in [2.75, 3.05) is 39.4 Å². The topological polar surface area (TPSA) is 69.3 Å².